The van der Waals surface area contributed by atoms with Gasteiger partial charge in [-0.25, -0.2) is 0 Å². The van der Waals surface area contributed by atoms with Crippen LogP contribution in [0.25, 0.3) is 0 Å². The number of rotatable bonds is 6. The van der Waals surface area contributed by atoms with Crippen molar-refractivity contribution in [3.05, 3.63) is 30.1 Å². The number of alkyl halides is 1. The molecule has 3 aliphatic carbocycles. The summed E-state index contributed by atoms with van der Waals surface area (Å²) >= 11 is 5.84. The fourth-order valence-electron chi connectivity index (χ4n) is 4.64. The topological polar surface area (TPSA) is 45.5 Å². The van der Waals surface area contributed by atoms with E-state index in [0.717, 1.165) is 43.4 Å². The molecule has 0 saturated heterocycles. The Bertz CT molecular complexity index is 597. The highest BCUT2D eigenvalue weighted by Gasteiger charge is 2.61. The van der Waals surface area contributed by atoms with Crippen LogP contribution < -0.4 is 0 Å². The monoisotopic (exact) mass is 348 g/mol. The second-order valence-electron chi connectivity index (χ2n) is 8.22. The predicted molar refractivity (Wildman–Crippen MR) is 99.6 cm³/mol. The smallest absolute Gasteiger partial charge is 0.103 e. The molecule has 0 aromatic carbocycles. The Morgan fingerprint density at radius 2 is 2.17 bits per heavy atom. The predicted octanol–water partition coefficient (Wildman–Crippen LogP) is 4.79. The van der Waals surface area contributed by atoms with Gasteiger partial charge in [-0.2, -0.15) is 0 Å². The molecule has 4 atom stereocenters. The van der Waals surface area contributed by atoms with Crippen LogP contribution in [0.1, 0.15) is 64.5 Å². The van der Waals surface area contributed by atoms with E-state index in [0.29, 0.717) is 17.7 Å². The molecule has 3 fully saturated rings. The summed E-state index contributed by atoms with van der Waals surface area (Å²) in [7, 11) is 0. The standard InChI is InChI=1S/C20H29ClN2O/c1-19(2)15-11-17(19)20(3,24)18(12-15)23-16(8-4-5-9-21)14-7-6-10-22-13-14/h6-7,10,13,15-17,24H,4-5,8-9,11-12H2,1-3H3/t15-,16+,17-,20-/m1/s1. The maximum absolute atomic E-state index is 11.2. The molecule has 0 aliphatic heterocycles. The van der Waals surface area contributed by atoms with Crippen molar-refractivity contribution in [2.24, 2.45) is 22.2 Å². The van der Waals surface area contributed by atoms with Crippen molar-refractivity contribution in [2.75, 3.05) is 5.88 Å². The van der Waals surface area contributed by atoms with Gasteiger partial charge in [-0.15, -0.1) is 11.6 Å². The van der Waals surface area contributed by atoms with Crippen molar-refractivity contribution in [2.45, 2.75) is 64.5 Å². The number of unbranched alkanes of at least 4 members (excludes halogenated alkanes) is 1. The zero-order chi connectivity index (χ0) is 17.4. The summed E-state index contributed by atoms with van der Waals surface area (Å²) < 4.78 is 0. The molecular weight excluding hydrogens is 320 g/mol. The first kappa shape index (κ1) is 17.9. The first-order valence-electron chi connectivity index (χ1n) is 9.12. The van der Waals surface area contributed by atoms with Gasteiger partial charge < -0.3 is 5.11 Å². The SMILES string of the molecule is CC1(C)[C@H]2CC(=N[C@@H](CCCCCl)c3cccnc3)[C@](C)(O)[C@@H]1C2. The number of aromatic nitrogens is 1. The molecule has 3 nitrogen and oxygen atoms in total. The summed E-state index contributed by atoms with van der Waals surface area (Å²) in [5, 5.41) is 11.2. The van der Waals surface area contributed by atoms with Crippen molar-refractivity contribution < 1.29 is 5.11 Å². The van der Waals surface area contributed by atoms with E-state index in [2.05, 4.69) is 24.9 Å². The van der Waals surface area contributed by atoms with Crippen LogP contribution in [-0.4, -0.2) is 27.3 Å². The van der Waals surface area contributed by atoms with E-state index in [1.165, 1.54) is 0 Å². The van der Waals surface area contributed by atoms with E-state index in [1.54, 1.807) is 6.20 Å². The zero-order valence-corrected chi connectivity index (χ0v) is 15.8. The van der Waals surface area contributed by atoms with Crippen LogP contribution in [0.15, 0.2) is 29.5 Å². The highest BCUT2D eigenvalue weighted by Crippen LogP contribution is 2.61. The maximum atomic E-state index is 11.2. The van der Waals surface area contributed by atoms with Gasteiger partial charge in [-0.3, -0.25) is 9.98 Å². The van der Waals surface area contributed by atoms with Crippen molar-refractivity contribution in [1.82, 2.24) is 4.98 Å². The molecule has 1 aromatic rings. The van der Waals surface area contributed by atoms with Crippen LogP contribution >= 0.6 is 11.6 Å². The second-order valence-corrected chi connectivity index (χ2v) is 8.60. The Balaban J connectivity index is 1.85. The molecule has 0 radical (unpaired) electrons. The maximum Gasteiger partial charge on any atom is 0.103 e. The molecule has 4 heteroatoms. The number of aliphatic imine (C=N–C) groups is 1. The molecule has 0 unspecified atom stereocenters. The summed E-state index contributed by atoms with van der Waals surface area (Å²) in [6, 6.07) is 4.12. The van der Waals surface area contributed by atoms with Crippen LogP contribution in [0.3, 0.4) is 0 Å². The Morgan fingerprint density at radius 1 is 1.38 bits per heavy atom. The van der Waals surface area contributed by atoms with Gasteiger partial charge in [-0.05, 0) is 67.9 Å². The molecule has 3 saturated carbocycles. The number of hydrogen-bond acceptors (Lipinski definition) is 3. The van der Waals surface area contributed by atoms with E-state index in [1.807, 2.05) is 19.2 Å². The summed E-state index contributed by atoms with van der Waals surface area (Å²) in [6.07, 6.45) is 8.74. The molecule has 2 bridgehead atoms. The van der Waals surface area contributed by atoms with Crippen LogP contribution in [-0.2, 0) is 0 Å². The van der Waals surface area contributed by atoms with E-state index in [4.69, 9.17) is 16.6 Å². The Morgan fingerprint density at radius 3 is 2.75 bits per heavy atom. The van der Waals surface area contributed by atoms with E-state index >= 15 is 0 Å². The molecule has 132 valence electrons. The lowest BCUT2D eigenvalue weighted by atomic mass is 9.44. The second kappa shape index (κ2) is 6.76. The lowest BCUT2D eigenvalue weighted by Gasteiger charge is -2.62. The van der Waals surface area contributed by atoms with Gasteiger partial charge in [0.2, 0.25) is 0 Å². The number of halogens is 1. The van der Waals surface area contributed by atoms with Crippen molar-refractivity contribution >= 4 is 17.3 Å². The van der Waals surface area contributed by atoms with Crippen LogP contribution in [0.5, 0.6) is 0 Å². The van der Waals surface area contributed by atoms with Gasteiger partial charge in [-0.1, -0.05) is 19.9 Å². The average Bonchev–Trinajstić information content (AvgIpc) is 2.55. The van der Waals surface area contributed by atoms with E-state index in [9.17, 15) is 5.11 Å². The van der Waals surface area contributed by atoms with Gasteiger partial charge in [0, 0.05) is 24.0 Å². The van der Waals surface area contributed by atoms with Gasteiger partial charge in [0.1, 0.15) is 5.60 Å². The molecule has 4 rings (SSSR count). The minimum absolute atomic E-state index is 0.0732. The van der Waals surface area contributed by atoms with Crippen molar-refractivity contribution in [1.29, 1.82) is 0 Å². The van der Waals surface area contributed by atoms with E-state index < -0.39 is 5.60 Å². The van der Waals surface area contributed by atoms with Crippen molar-refractivity contribution in [3.63, 3.8) is 0 Å². The van der Waals surface area contributed by atoms with E-state index in [-0.39, 0.29) is 11.5 Å². The minimum atomic E-state index is -0.787. The molecule has 0 spiro atoms. The molecule has 24 heavy (non-hydrogen) atoms. The highest BCUT2D eigenvalue weighted by atomic mass is 35.5. The molecule has 1 aromatic heterocycles. The first-order chi connectivity index (χ1) is 11.4. The molecule has 1 N–H and O–H groups in total. The fraction of sp³-hybridized carbons (Fsp3) is 0.700. The number of fused-ring (bicyclic) bond motifs is 2. The Hall–Kier alpha value is -0.930. The number of pyridine rings is 1. The summed E-state index contributed by atoms with van der Waals surface area (Å²) in [4.78, 5) is 9.31. The third-order valence-electron chi connectivity index (χ3n) is 6.42. The largest absolute Gasteiger partial charge is 0.384 e. The first-order valence-corrected chi connectivity index (χ1v) is 9.66. The van der Waals surface area contributed by atoms with Gasteiger partial charge in [0.05, 0.1) is 6.04 Å². The number of hydrogen-bond donors (Lipinski definition) is 1. The molecule has 3 aliphatic rings. The zero-order valence-electron chi connectivity index (χ0n) is 15.0. The third kappa shape index (κ3) is 3.13. The Kier molecular flexibility index (Phi) is 5.04. The molecule has 0 amide bonds. The Labute approximate surface area is 150 Å². The van der Waals surface area contributed by atoms with Crippen LogP contribution in [0, 0.1) is 17.3 Å². The minimum Gasteiger partial charge on any atom is -0.384 e. The summed E-state index contributed by atoms with van der Waals surface area (Å²) in [5.74, 6) is 1.66. The summed E-state index contributed by atoms with van der Waals surface area (Å²) in [5.41, 5.74) is 1.56. The lowest BCUT2D eigenvalue weighted by Crippen LogP contribution is -2.64. The quantitative estimate of drug-likeness (QED) is 0.593. The van der Waals surface area contributed by atoms with Gasteiger partial charge in [0.15, 0.2) is 0 Å². The fourth-order valence-corrected chi connectivity index (χ4v) is 4.83. The highest BCUT2D eigenvalue weighted by molar-refractivity contribution is 6.17. The number of aliphatic hydroxyl groups is 1. The third-order valence-corrected chi connectivity index (χ3v) is 6.68. The number of nitrogens with zero attached hydrogens (tertiary/aromatic N) is 2. The summed E-state index contributed by atoms with van der Waals surface area (Å²) in [6.45, 7) is 6.54. The van der Waals surface area contributed by atoms with Gasteiger partial charge in [0.25, 0.3) is 0 Å². The van der Waals surface area contributed by atoms with Gasteiger partial charge >= 0.3 is 0 Å². The normalized spacial score (nSPS) is 34.0. The lowest BCUT2D eigenvalue weighted by molar-refractivity contribution is -0.134. The average molecular weight is 349 g/mol. The molecule has 1 heterocycles. The van der Waals surface area contributed by atoms with Crippen LogP contribution in [0.4, 0.5) is 0 Å². The van der Waals surface area contributed by atoms with Crippen LogP contribution in [0.2, 0.25) is 0 Å². The van der Waals surface area contributed by atoms with Crippen molar-refractivity contribution in [3.8, 4) is 0 Å². The molecular formula is C20H29ClN2O.